The molecule has 1 aliphatic carbocycles. The third-order valence-electron chi connectivity index (χ3n) is 6.17. The van der Waals surface area contributed by atoms with Crippen molar-refractivity contribution in [3.8, 4) is 11.8 Å². The summed E-state index contributed by atoms with van der Waals surface area (Å²) >= 11 is 0. The van der Waals surface area contributed by atoms with Crippen LogP contribution in [0.25, 0.3) is 0 Å². The van der Waals surface area contributed by atoms with Crippen LogP contribution < -0.4 is 10.1 Å². The third kappa shape index (κ3) is 5.23. The van der Waals surface area contributed by atoms with E-state index in [4.69, 9.17) is 4.74 Å². The lowest BCUT2D eigenvalue weighted by molar-refractivity contribution is -0.108. The number of alkyl halides is 2. The second-order valence-electron chi connectivity index (χ2n) is 9.61. The number of benzene rings is 2. The quantitative estimate of drug-likeness (QED) is 0.501. The number of methoxy groups -OCH3 is 1. The summed E-state index contributed by atoms with van der Waals surface area (Å²) in [6.45, 7) is 4.93. The molecule has 1 aromatic heterocycles. The van der Waals surface area contributed by atoms with Crippen molar-refractivity contribution in [2.45, 2.75) is 51.1 Å². The van der Waals surface area contributed by atoms with Gasteiger partial charge in [0.05, 0.1) is 30.8 Å². The topological polar surface area (TPSA) is 88.7 Å². The molecule has 34 heavy (non-hydrogen) atoms. The van der Waals surface area contributed by atoms with E-state index in [1.165, 1.54) is 17.4 Å². The number of nitrogens with one attached hydrogen (secondary N) is 1. The smallest absolute Gasteiger partial charge is 0.252 e. The molecule has 0 saturated heterocycles. The molecule has 0 aliphatic heterocycles. The number of tetrazole rings is 1. The highest BCUT2D eigenvalue weighted by Gasteiger charge is 2.48. The van der Waals surface area contributed by atoms with E-state index >= 15 is 0 Å². The van der Waals surface area contributed by atoms with Gasteiger partial charge >= 0.3 is 0 Å². The van der Waals surface area contributed by atoms with E-state index in [0.717, 1.165) is 12.0 Å². The van der Waals surface area contributed by atoms with Crippen LogP contribution in [0.2, 0.25) is 0 Å². The fourth-order valence-electron chi connectivity index (χ4n) is 4.40. The highest BCUT2D eigenvalue weighted by atomic mass is 19.3. The average molecular weight is 467 g/mol. The lowest BCUT2D eigenvalue weighted by Gasteiger charge is -2.36. The maximum absolute atomic E-state index is 13.6. The summed E-state index contributed by atoms with van der Waals surface area (Å²) in [5.41, 5.74) is 2.30. The summed E-state index contributed by atoms with van der Waals surface area (Å²) in [4.78, 5) is 0. The molecule has 1 N–H and O–H groups in total. The van der Waals surface area contributed by atoms with Gasteiger partial charge in [-0.05, 0) is 40.0 Å². The minimum atomic E-state index is -2.69. The summed E-state index contributed by atoms with van der Waals surface area (Å²) in [7, 11) is 1.53. The largest absolute Gasteiger partial charge is 0.496 e. The Morgan fingerprint density at radius 2 is 1.97 bits per heavy atom. The predicted molar refractivity (Wildman–Crippen MR) is 123 cm³/mol. The van der Waals surface area contributed by atoms with E-state index in [0.29, 0.717) is 23.7 Å². The first-order valence-corrected chi connectivity index (χ1v) is 11.2. The van der Waals surface area contributed by atoms with Crippen LogP contribution in [0.1, 0.15) is 61.3 Å². The van der Waals surface area contributed by atoms with Gasteiger partial charge in [0.2, 0.25) is 0 Å². The minimum absolute atomic E-state index is 0.124. The van der Waals surface area contributed by atoms with E-state index in [1.54, 1.807) is 18.2 Å². The first-order valence-electron chi connectivity index (χ1n) is 11.2. The Morgan fingerprint density at radius 3 is 2.62 bits per heavy atom. The van der Waals surface area contributed by atoms with Crippen LogP contribution in [0.5, 0.6) is 5.75 Å². The number of nitrogens with zero attached hydrogens (tertiary/aromatic N) is 5. The molecule has 3 aromatic rings. The van der Waals surface area contributed by atoms with Crippen molar-refractivity contribution in [3.63, 3.8) is 0 Å². The molecule has 2 aromatic carbocycles. The van der Waals surface area contributed by atoms with E-state index in [2.05, 4.69) is 52.9 Å². The zero-order valence-electron chi connectivity index (χ0n) is 19.5. The molecular formula is C25H28F2N6O. The number of aromatic nitrogens is 4. The van der Waals surface area contributed by atoms with Crippen LogP contribution in [-0.4, -0.2) is 39.8 Å². The molecule has 0 radical (unpaired) electrons. The highest BCUT2D eigenvalue weighted by molar-refractivity contribution is 5.45. The number of hydrogen-bond acceptors (Lipinski definition) is 6. The van der Waals surface area contributed by atoms with Gasteiger partial charge in [-0.1, -0.05) is 50.2 Å². The maximum atomic E-state index is 13.6. The number of halogens is 2. The molecule has 1 saturated carbocycles. The molecule has 178 valence electrons. The molecule has 1 fully saturated rings. The first-order chi connectivity index (χ1) is 16.2. The summed E-state index contributed by atoms with van der Waals surface area (Å²) in [6.07, 6.45) is 0.265. The second-order valence-corrected chi connectivity index (χ2v) is 9.61. The van der Waals surface area contributed by atoms with Gasteiger partial charge in [-0.2, -0.15) is 5.26 Å². The maximum Gasteiger partial charge on any atom is 0.252 e. The van der Waals surface area contributed by atoms with Gasteiger partial charge in [-0.25, -0.2) is 13.5 Å². The number of hydrogen-bond donors (Lipinski definition) is 1. The third-order valence-corrected chi connectivity index (χ3v) is 6.17. The Morgan fingerprint density at radius 1 is 1.24 bits per heavy atom. The van der Waals surface area contributed by atoms with E-state index in [1.807, 2.05) is 18.2 Å². The molecule has 1 unspecified atom stereocenters. The lowest BCUT2D eigenvalue weighted by Crippen LogP contribution is -2.40. The van der Waals surface area contributed by atoms with Crippen molar-refractivity contribution in [1.29, 1.82) is 5.26 Å². The van der Waals surface area contributed by atoms with Crippen molar-refractivity contribution in [2.75, 3.05) is 13.7 Å². The van der Waals surface area contributed by atoms with Crippen molar-refractivity contribution in [2.24, 2.45) is 5.41 Å². The molecule has 0 bridgehead atoms. The van der Waals surface area contributed by atoms with Crippen LogP contribution in [0.3, 0.4) is 0 Å². The first kappa shape index (κ1) is 23.8. The SMILES string of the molecule is COc1cc(C#N)ccc1C(NCC(C)(C)Cc1ccccc1)c1nnnn1C1CC(F)(F)C1. The number of rotatable bonds is 9. The summed E-state index contributed by atoms with van der Waals surface area (Å²) in [5.74, 6) is -1.74. The monoisotopic (exact) mass is 466 g/mol. The highest BCUT2D eigenvalue weighted by Crippen LogP contribution is 2.46. The fourth-order valence-corrected chi connectivity index (χ4v) is 4.40. The molecule has 0 amide bonds. The summed E-state index contributed by atoms with van der Waals surface area (Å²) < 4.78 is 34.3. The van der Waals surface area contributed by atoms with Crippen LogP contribution in [0.4, 0.5) is 8.78 Å². The van der Waals surface area contributed by atoms with Crippen LogP contribution >= 0.6 is 0 Å². The average Bonchev–Trinajstić information content (AvgIpc) is 3.27. The standard InChI is InChI=1S/C25H28F2N6O/c1-24(2,12-17-7-5-4-6-8-17)16-29-22(20-10-9-18(15-28)11-21(20)34-3)23-30-31-32-33(23)19-13-25(26,27)14-19/h4-11,19,22,29H,12-14,16H2,1-3H3. The van der Waals surface area contributed by atoms with Crippen molar-refractivity contribution in [1.82, 2.24) is 25.5 Å². The lowest BCUT2D eigenvalue weighted by atomic mass is 9.85. The van der Waals surface area contributed by atoms with Gasteiger partial charge in [0.1, 0.15) is 5.75 Å². The second kappa shape index (κ2) is 9.47. The van der Waals surface area contributed by atoms with E-state index in [-0.39, 0.29) is 18.3 Å². The fraction of sp³-hybridized carbons (Fsp3) is 0.440. The molecule has 0 spiro atoms. The number of nitriles is 1. The molecule has 7 nitrogen and oxygen atoms in total. The molecule has 1 aliphatic rings. The van der Waals surface area contributed by atoms with Gasteiger partial charge in [0.25, 0.3) is 5.92 Å². The van der Waals surface area contributed by atoms with E-state index < -0.39 is 18.0 Å². The molecule has 4 rings (SSSR count). The minimum Gasteiger partial charge on any atom is -0.496 e. The van der Waals surface area contributed by atoms with Crippen LogP contribution in [0, 0.1) is 16.7 Å². The zero-order chi connectivity index (χ0) is 24.3. The molecular weight excluding hydrogens is 438 g/mol. The Labute approximate surface area is 197 Å². The Balaban J connectivity index is 1.65. The normalized spacial score (nSPS) is 16.5. The van der Waals surface area contributed by atoms with Crippen molar-refractivity contribution >= 4 is 0 Å². The number of ether oxygens (including phenoxy) is 1. The summed E-state index contributed by atoms with van der Waals surface area (Å²) in [6, 6.07) is 16.5. The Kier molecular flexibility index (Phi) is 6.62. The summed E-state index contributed by atoms with van der Waals surface area (Å²) in [5, 5.41) is 24.9. The van der Waals surface area contributed by atoms with Gasteiger partial charge in [0.15, 0.2) is 5.82 Å². The van der Waals surface area contributed by atoms with E-state index in [9.17, 15) is 14.0 Å². The van der Waals surface area contributed by atoms with Gasteiger partial charge < -0.3 is 10.1 Å². The van der Waals surface area contributed by atoms with Gasteiger partial charge in [0, 0.05) is 24.9 Å². The van der Waals surface area contributed by atoms with Crippen LogP contribution in [0.15, 0.2) is 48.5 Å². The Bertz CT molecular complexity index is 1160. The van der Waals surface area contributed by atoms with Gasteiger partial charge in [-0.3, -0.25) is 0 Å². The predicted octanol–water partition coefficient (Wildman–Crippen LogP) is 4.47. The molecule has 1 atom stereocenters. The molecule has 1 heterocycles. The van der Waals surface area contributed by atoms with Crippen molar-refractivity contribution < 1.29 is 13.5 Å². The molecule has 9 heteroatoms. The zero-order valence-corrected chi connectivity index (χ0v) is 19.5. The van der Waals surface area contributed by atoms with Crippen molar-refractivity contribution in [3.05, 3.63) is 71.0 Å². The van der Waals surface area contributed by atoms with Crippen LogP contribution in [-0.2, 0) is 6.42 Å². The Hall–Kier alpha value is -3.38. The van der Waals surface area contributed by atoms with Gasteiger partial charge in [-0.15, -0.1) is 5.10 Å².